The molecule has 1 aliphatic heterocycles. The van der Waals surface area contributed by atoms with Crippen LogP contribution in [0.1, 0.15) is 17.5 Å². The van der Waals surface area contributed by atoms with Crippen molar-refractivity contribution in [1.82, 2.24) is 9.62 Å². The molecule has 1 saturated heterocycles. The molecule has 1 aliphatic rings. The molecular weight excluding hydrogens is 294 g/mol. The highest BCUT2D eigenvalue weighted by Crippen LogP contribution is 2.27. The molecule has 1 N–H and O–H groups in total. The molecule has 0 aromatic heterocycles. The van der Waals surface area contributed by atoms with E-state index in [4.69, 9.17) is 0 Å². The molecule has 1 heterocycles. The lowest BCUT2D eigenvalue weighted by atomic mass is 10.1. The number of hydrogen-bond donors (Lipinski definition) is 1. The van der Waals surface area contributed by atoms with Crippen LogP contribution >= 0.6 is 0 Å². The molecule has 0 unspecified atom stereocenters. The van der Waals surface area contributed by atoms with Crippen molar-refractivity contribution in [3.05, 3.63) is 33.4 Å². The smallest absolute Gasteiger partial charge is 0.273 e. The highest BCUT2D eigenvalue weighted by atomic mass is 32.2. The van der Waals surface area contributed by atoms with E-state index in [0.717, 1.165) is 19.0 Å². The summed E-state index contributed by atoms with van der Waals surface area (Å²) in [6.07, 6.45) is 0.728. The third-order valence-electron chi connectivity index (χ3n) is 3.75. The molecule has 0 bridgehead atoms. The number of nitrogens with one attached hydrogen (secondary N) is 1. The average Bonchev–Trinajstić information content (AvgIpc) is 2.70. The van der Waals surface area contributed by atoms with Crippen LogP contribution in [-0.2, 0) is 10.0 Å². The van der Waals surface area contributed by atoms with E-state index < -0.39 is 14.9 Å². The molecule has 1 fully saturated rings. The van der Waals surface area contributed by atoms with Crippen molar-refractivity contribution in [3.63, 3.8) is 0 Å². The predicted octanol–water partition coefficient (Wildman–Crippen LogP) is 1.20. The fourth-order valence-electron chi connectivity index (χ4n) is 2.36. The Morgan fingerprint density at radius 2 is 1.95 bits per heavy atom. The number of hydrogen-bond acceptors (Lipinski definition) is 5. The summed E-state index contributed by atoms with van der Waals surface area (Å²) in [4.78, 5) is 10.5. The van der Waals surface area contributed by atoms with Crippen LogP contribution in [0, 0.1) is 24.0 Å². The Labute approximate surface area is 124 Å². The Morgan fingerprint density at radius 3 is 2.62 bits per heavy atom. The van der Waals surface area contributed by atoms with Gasteiger partial charge in [0.05, 0.1) is 9.82 Å². The van der Waals surface area contributed by atoms with Gasteiger partial charge in [-0.2, -0.15) is 4.31 Å². The first-order valence-electron chi connectivity index (χ1n) is 6.80. The van der Waals surface area contributed by atoms with Crippen molar-refractivity contribution in [3.8, 4) is 0 Å². The zero-order valence-corrected chi connectivity index (χ0v) is 12.9. The summed E-state index contributed by atoms with van der Waals surface area (Å²) in [7, 11) is -3.69. The Kier molecular flexibility index (Phi) is 4.60. The first kappa shape index (κ1) is 15.9. The lowest BCUT2D eigenvalue weighted by Crippen LogP contribution is -2.34. The Hall–Kier alpha value is -1.51. The van der Waals surface area contributed by atoms with Crippen molar-refractivity contribution in [2.24, 2.45) is 0 Å². The molecule has 0 atom stereocenters. The van der Waals surface area contributed by atoms with Crippen LogP contribution in [0.15, 0.2) is 17.0 Å². The third-order valence-corrected chi connectivity index (χ3v) is 5.62. The highest BCUT2D eigenvalue weighted by molar-refractivity contribution is 7.89. The van der Waals surface area contributed by atoms with E-state index in [0.29, 0.717) is 30.8 Å². The first-order chi connectivity index (χ1) is 9.84. The molecule has 1 aromatic carbocycles. The minimum absolute atomic E-state index is 0.000741. The van der Waals surface area contributed by atoms with E-state index in [1.807, 2.05) is 0 Å². The van der Waals surface area contributed by atoms with Crippen LogP contribution in [0.3, 0.4) is 0 Å². The van der Waals surface area contributed by atoms with Gasteiger partial charge in [0.15, 0.2) is 0 Å². The van der Waals surface area contributed by atoms with Gasteiger partial charge in [-0.25, -0.2) is 8.42 Å². The van der Waals surface area contributed by atoms with E-state index in [2.05, 4.69) is 5.32 Å². The first-order valence-corrected chi connectivity index (χ1v) is 8.24. The number of benzene rings is 1. The van der Waals surface area contributed by atoms with Crippen molar-refractivity contribution < 1.29 is 13.3 Å². The van der Waals surface area contributed by atoms with Gasteiger partial charge >= 0.3 is 0 Å². The molecule has 7 nitrogen and oxygen atoms in total. The molecule has 21 heavy (non-hydrogen) atoms. The lowest BCUT2D eigenvalue weighted by molar-refractivity contribution is -0.385. The monoisotopic (exact) mass is 313 g/mol. The minimum Gasteiger partial charge on any atom is -0.315 e. The molecule has 0 radical (unpaired) electrons. The van der Waals surface area contributed by atoms with E-state index >= 15 is 0 Å². The summed E-state index contributed by atoms with van der Waals surface area (Å²) in [6.45, 7) is 5.48. The largest absolute Gasteiger partial charge is 0.315 e. The van der Waals surface area contributed by atoms with Gasteiger partial charge in [0.2, 0.25) is 10.0 Å². The lowest BCUT2D eigenvalue weighted by Gasteiger charge is -2.20. The van der Waals surface area contributed by atoms with Crippen LogP contribution in [0.25, 0.3) is 0 Å². The second-order valence-corrected chi connectivity index (χ2v) is 7.09. The number of nitro benzene ring substituents is 1. The highest BCUT2D eigenvalue weighted by Gasteiger charge is 2.28. The maximum absolute atomic E-state index is 12.7. The Morgan fingerprint density at radius 1 is 1.24 bits per heavy atom. The van der Waals surface area contributed by atoms with Gasteiger partial charge in [0, 0.05) is 31.3 Å². The molecule has 0 amide bonds. The van der Waals surface area contributed by atoms with Crippen LogP contribution < -0.4 is 5.32 Å². The summed E-state index contributed by atoms with van der Waals surface area (Å²) in [5, 5.41) is 14.2. The van der Waals surface area contributed by atoms with Gasteiger partial charge in [-0.15, -0.1) is 0 Å². The molecule has 0 saturated carbocycles. The van der Waals surface area contributed by atoms with E-state index in [-0.39, 0.29) is 10.6 Å². The standard InChI is InChI=1S/C13H19N3O4S/c1-10-8-12(9-13(11(10)2)16(17)18)21(19,20)15-6-3-4-14-5-7-15/h8-9,14H,3-7H2,1-2H3. The summed E-state index contributed by atoms with van der Waals surface area (Å²) >= 11 is 0. The molecular formula is C13H19N3O4S. The predicted molar refractivity (Wildman–Crippen MR) is 78.8 cm³/mol. The zero-order valence-electron chi connectivity index (χ0n) is 12.1. The average molecular weight is 313 g/mol. The number of rotatable bonds is 3. The van der Waals surface area contributed by atoms with Crippen LogP contribution in [-0.4, -0.2) is 43.8 Å². The van der Waals surface area contributed by atoms with Gasteiger partial charge < -0.3 is 5.32 Å². The summed E-state index contributed by atoms with van der Waals surface area (Å²) in [5.74, 6) is 0. The zero-order chi connectivity index (χ0) is 15.6. The Bertz CT molecular complexity index is 650. The van der Waals surface area contributed by atoms with Gasteiger partial charge in [0.1, 0.15) is 0 Å². The van der Waals surface area contributed by atoms with Gasteiger partial charge in [-0.1, -0.05) is 0 Å². The van der Waals surface area contributed by atoms with Crippen molar-refractivity contribution in [2.45, 2.75) is 25.2 Å². The third kappa shape index (κ3) is 3.22. The molecule has 116 valence electrons. The molecule has 2 rings (SSSR count). The SMILES string of the molecule is Cc1cc(S(=O)(=O)N2CCCNCC2)cc([N+](=O)[O-])c1C. The number of aryl methyl sites for hydroxylation is 1. The van der Waals surface area contributed by atoms with Gasteiger partial charge in [-0.3, -0.25) is 10.1 Å². The van der Waals surface area contributed by atoms with Crippen LogP contribution in [0.2, 0.25) is 0 Å². The second kappa shape index (κ2) is 6.08. The fourth-order valence-corrected chi connectivity index (χ4v) is 3.94. The van der Waals surface area contributed by atoms with Crippen LogP contribution in [0.5, 0.6) is 0 Å². The van der Waals surface area contributed by atoms with Crippen LogP contribution in [0.4, 0.5) is 5.69 Å². The van der Waals surface area contributed by atoms with E-state index in [1.54, 1.807) is 13.8 Å². The van der Waals surface area contributed by atoms with E-state index in [9.17, 15) is 18.5 Å². The van der Waals surface area contributed by atoms with Crippen molar-refractivity contribution >= 4 is 15.7 Å². The maximum Gasteiger partial charge on any atom is 0.273 e. The van der Waals surface area contributed by atoms with E-state index in [1.165, 1.54) is 10.4 Å². The molecule has 0 aliphatic carbocycles. The summed E-state index contributed by atoms with van der Waals surface area (Å²) < 4.78 is 26.7. The molecule has 1 aromatic rings. The summed E-state index contributed by atoms with van der Waals surface area (Å²) in [6, 6.07) is 2.67. The number of nitrogens with zero attached hydrogens (tertiary/aromatic N) is 2. The second-order valence-electron chi connectivity index (χ2n) is 5.15. The Balaban J connectivity index is 2.46. The number of sulfonamides is 1. The van der Waals surface area contributed by atoms with Crippen molar-refractivity contribution in [2.75, 3.05) is 26.2 Å². The van der Waals surface area contributed by atoms with Gasteiger partial charge in [0.25, 0.3) is 5.69 Å². The summed E-state index contributed by atoms with van der Waals surface area (Å²) in [5.41, 5.74) is 0.953. The molecule has 8 heteroatoms. The topological polar surface area (TPSA) is 92.6 Å². The van der Waals surface area contributed by atoms with Gasteiger partial charge in [-0.05, 0) is 38.4 Å². The molecule has 0 spiro atoms. The normalized spacial score (nSPS) is 17.4. The fraction of sp³-hybridized carbons (Fsp3) is 0.538. The van der Waals surface area contributed by atoms with Crippen molar-refractivity contribution in [1.29, 1.82) is 0 Å². The maximum atomic E-state index is 12.7. The number of nitro groups is 1. The minimum atomic E-state index is -3.69. The quantitative estimate of drug-likeness (QED) is 0.668.